The summed E-state index contributed by atoms with van der Waals surface area (Å²) in [6.45, 7) is 4.22. The third-order valence-corrected chi connectivity index (χ3v) is 1.22. The molecule has 0 rings (SSSR count). The van der Waals surface area contributed by atoms with E-state index in [1.807, 2.05) is 0 Å². The van der Waals surface area contributed by atoms with Gasteiger partial charge in [-0.2, -0.15) is 0 Å². The summed E-state index contributed by atoms with van der Waals surface area (Å²) in [4.78, 5) is 2.63. The molecular weight excluding hydrogens is 106 g/mol. The van der Waals surface area contributed by atoms with Gasteiger partial charge in [0.25, 0.3) is 0 Å². The number of rotatable bonds is 2. The smallest absolute Gasteiger partial charge is 0.0484 e. The van der Waals surface area contributed by atoms with E-state index in [1.165, 1.54) is 0 Å². The average molecular weight is 114 g/mol. The Balaban J connectivity index is 3.13. The zero-order valence-electron chi connectivity index (χ0n) is 4.55. The van der Waals surface area contributed by atoms with E-state index >= 15 is 0 Å². The lowest BCUT2D eigenvalue weighted by Gasteiger charge is -1.88. The number of hydrogen-bond donors (Lipinski definition) is 0. The summed E-state index contributed by atoms with van der Waals surface area (Å²) in [5, 5.41) is 3.40. The van der Waals surface area contributed by atoms with E-state index in [9.17, 15) is 0 Å². The van der Waals surface area contributed by atoms with Gasteiger partial charge in [0.2, 0.25) is 0 Å². The Morgan fingerprint density at radius 1 is 1.71 bits per heavy atom. The summed E-state index contributed by atoms with van der Waals surface area (Å²) in [6.07, 6.45) is 0.709. The Labute approximate surface area is 44.6 Å². The molecule has 0 heterocycles. The molecule has 3 nitrogen and oxygen atoms in total. The van der Waals surface area contributed by atoms with E-state index in [-0.39, 0.29) is 8.80 Å². The van der Waals surface area contributed by atoms with Crippen LogP contribution < -0.4 is 0 Å². The minimum atomic E-state index is -0.318. The van der Waals surface area contributed by atoms with Crippen LogP contribution in [0.2, 0.25) is 13.1 Å². The fourth-order valence-corrected chi connectivity index (χ4v) is 0.519. The van der Waals surface area contributed by atoms with Crippen LogP contribution >= 0.6 is 0 Å². The summed E-state index contributed by atoms with van der Waals surface area (Å²) in [5.41, 5.74) is 7.79. The standard InChI is InChI=1S/C3H8N3Si/c1-7(2)3-5-6-4/h3H2,1-2H3. The molecule has 0 aromatic heterocycles. The molecule has 0 aliphatic heterocycles. The molecule has 0 spiro atoms. The summed E-state index contributed by atoms with van der Waals surface area (Å²) in [5.74, 6) is 0. The van der Waals surface area contributed by atoms with Crippen LogP contribution in [0.1, 0.15) is 0 Å². The van der Waals surface area contributed by atoms with Crippen LogP contribution in [0.4, 0.5) is 0 Å². The molecule has 1 radical (unpaired) electrons. The van der Waals surface area contributed by atoms with Gasteiger partial charge in [0.1, 0.15) is 0 Å². The molecule has 0 aliphatic carbocycles. The fourth-order valence-electron chi connectivity index (χ4n) is 0.173. The van der Waals surface area contributed by atoms with E-state index in [1.54, 1.807) is 0 Å². The summed E-state index contributed by atoms with van der Waals surface area (Å²) in [6, 6.07) is 0. The number of nitrogens with zero attached hydrogens (tertiary/aromatic N) is 3. The summed E-state index contributed by atoms with van der Waals surface area (Å²) < 4.78 is 0. The zero-order valence-corrected chi connectivity index (χ0v) is 5.55. The van der Waals surface area contributed by atoms with E-state index < -0.39 is 0 Å². The molecule has 0 aromatic rings. The van der Waals surface area contributed by atoms with E-state index in [0.29, 0.717) is 6.17 Å². The van der Waals surface area contributed by atoms with Crippen molar-refractivity contribution in [2.75, 3.05) is 6.17 Å². The van der Waals surface area contributed by atoms with Crippen molar-refractivity contribution in [3.63, 3.8) is 0 Å². The Hall–Kier alpha value is -0.473. The van der Waals surface area contributed by atoms with E-state index in [2.05, 4.69) is 23.1 Å². The van der Waals surface area contributed by atoms with Crippen LogP contribution in [-0.4, -0.2) is 15.0 Å². The zero-order chi connectivity index (χ0) is 5.70. The second-order valence-corrected chi connectivity index (χ2v) is 4.33. The molecule has 0 fully saturated rings. The van der Waals surface area contributed by atoms with Gasteiger partial charge in [-0.1, -0.05) is 18.2 Å². The quantitative estimate of drug-likeness (QED) is 0.226. The average Bonchev–Trinajstić information content (AvgIpc) is 1.61. The van der Waals surface area contributed by atoms with Gasteiger partial charge in [-0.25, -0.2) is 0 Å². The van der Waals surface area contributed by atoms with Crippen LogP contribution in [0.15, 0.2) is 5.11 Å². The molecule has 0 amide bonds. The predicted molar refractivity (Wildman–Crippen MR) is 31.5 cm³/mol. The molecule has 0 aliphatic rings. The van der Waals surface area contributed by atoms with Gasteiger partial charge in [-0.05, 0) is 5.53 Å². The second-order valence-electron chi connectivity index (χ2n) is 1.60. The van der Waals surface area contributed by atoms with E-state index in [0.717, 1.165) is 0 Å². The van der Waals surface area contributed by atoms with Crippen LogP contribution in [0.3, 0.4) is 0 Å². The van der Waals surface area contributed by atoms with Gasteiger partial charge >= 0.3 is 0 Å². The van der Waals surface area contributed by atoms with Gasteiger partial charge in [0.05, 0.1) is 0 Å². The Morgan fingerprint density at radius 3 is 2.43 bits per heavy atom. The highest BCUT2D eigenvalue weighted by Gasteiger charge is 1.88. The van der Waals surface area contributed by atoms with Crippen LogP contribution in [0.25, 0.3) is 10.4 Å². The lowest BCUT2D eigenvalue weighted by Crippen LogP contribution is -2.03. The fraction of sp³-hybridized carbons (Fsp3) is 1.00. The predicted octanol–water partition coefficient (Wildman–Crippen LogP) is 1.59. The van der Waals surface area contributed by atoms with Crippen molar-refractivity contribution in [3.05, 3.63) is 10.4 Å². The Kier molecular flexibility index (Phi) is 3.46. The van der Waals surface area contributed by atoms with Crippen molar-refractivity contribution in [3.8, 4) is 0 Å². The third-order valence-electron chi connectivity index (χ3n) is 0.450. The van der Waals surface area contributed by atoms with Crippen molar-refractivity contribution in [2.45, 2.75) is 13.1 Å². The third kappa shape index (κ3) is 5.53. The molecule has 0 saturated carbocycles. The lowest BCUT2D eigenvalue weighted by molar-refractivity contribution is 1.28. The van der Waals surface area contributed by atoms with Gasteiger partial charge < -0.3 is 0 Å². The van der Waals surface area contributed by atoms with Gasteiger partial charge in [0.15, 0.2) is 0 Å². The normalized spacial score (nSPS) is 8.43. The highest BCUT2D eigenvalue weighted by atomic mass is 28.3. The molecular formula is C3H8N3Si. The maximum absolute atomic E-state index is 7.79. The molecule has 0 bridgehead atoms. The number of azide groups is 1. The summed E-state index contributed by atoms with van der Waals surface area (Å²) >= 11 is 0. The lowest BCUT2D eigenvalue weighted by atomic mass is 11.5. The minimum absolute atomic E-state index is 0.318. The molecule has 0 saturated heterocycles. The van der Waals surface area contributed by atoms with Crippen molar-refractivity contribution < 1.29 is 0 Å². The second kappa shape index (κ2) is 3.71. The molecule has 4 heteroatoms. The Bertz CT molecular complexity index is 84.2. The SMILES string of the molecule is C[Si](C)CN=[N+]=[N-]. The maximum Gasteiger partial charge on any atom is 0.0484 e. The summed E-state index contributed by atoms with van der Waals surface area (Å²) in [7, 11) is -0.318. The highest BCUT2D eigenvalue weighted by Crippen LogP contribution is 1.79. The van der Waals surface area contributed by atoms with Gasteiger partial charge in [-0.15, -0.1) is 0 Å². The molecule has 0 aromatic carbocycles. The monoisotopic (exact) mass is 114 g/mol. The Morgan fingerprint density at radius 2 is 2.29 bits per heavy atom. The molecule has 7 heavy (non-hydrogen) atoms. The van der Waals surface area contributed by atoms with Crippen molar-refractivity contribution in [1.29, 1.82) is 0 Å². The first-order valence-electron chi connectivity index (χ1n) is 2.07. The number of hydrogen-bond acceptors (Lipinski definition) is 1. The topological polar surface area (TPSA) is 48.8 Å². The van der Waals surface area contributed by atoms with Gasteiger partial charge in [0, 0.05) is 19.9 Å². The van der Waals surface area contributed by atoms with Gasteiger partial charge in [-0.3, -0.25) is 0 Å². The largest absolute Gasteiger partial charge is 0.0971 e. The first-order valence-corrected chi connectivity index (χ1v) is 4.78. The van der Waals surface area contributed by atoms with Crippen molar-refractivity contribution >= 4 is 8.80 Å². The highest BCUT2D eigenvalue weighted by molar-refractivity contribution is 6.55. The molecule has 0 N–H and O–H groups in total. The van der Waals surface area contributed by atoms with Crippen molar-refractivity contribution in [1.82, 2.24) is 0 Å². The van der Waals surface area contributed by atoms with Crippen LogP contribution in [0.5, 0.6) is 0 Å². The maximum atomic E-state index is 7.79. The van der Waals surface area contributed by atoms with Crippen molar-refractivity contribution in [2.24, 2.45) is 5.11 Å². The van der Waals surface area contributed by atoms with Crippen LogP contribution in [-0.2, 0) is 0 Å². The van der Waals surface area contributed by atoms with E-state index in [4.69, 9.17) is 5.53 Å². The van der Waals surface area contributed by atoms with Crippen LogP contribution in [0, 0.1) is 0 Å². The molecule has 0 atom stereocenters. The first-order chi connectivity index (χ1) is 3.27. The first kappa shape index (κ1) is 6.53. The molecule has 0 unspecified atom stereocenters. The molecule has 39 valence electrons. The minimum Gasteiger partial charge on any atom is -0.0971 e.